The van der Waals surface area contributed by atoms with Gasteiger partial charge in [0.15, 0.2) is 0 Å². The molecule has 0 aliphatic rings. The van der Waals surface area contributed by atoms with Crippen LogP contribution in [0.4, 0.5) is 0 Å². The van der Waals surface area contributed by atoms with Gasteiger partial charge in [-0.05, 0) is 5.92 Å². The maximum absolute atomic E-state index is 5.30. The normalized spacial score (nSPS) is 10.9. The largest absolute Gasteiger partial charge is 0.494 e. The Morgan fingerprint density at radius 2 is 1.80 bits per heavy atom. The van der Waals surface area contributed by atoms with Crippen LogP contribution in [0.3, 0.4) is 0 Å². The minimum Gasteiger partial charge on any atom is -0.494 e. The van der Waals surface area contributed by atoms with Crippen LogP contribution in [0.25, 0.3) is 10.8 Å². The average molecular weight is 201 g/mol. The summed E-state index contributed by atoms with van der Waals surface area (Å²) in [7, 11) is 1.68. The molecule has 0 spiro atoms. The molecule has 0 fully saturated rings. The second kappa shape index (κ2) is 3.89. The number of benzene rings is 1. The molecule has 0 unspecified atom stereocenters. The Hall–Kier alpha value is -1.57. The number of fused-ring (bicyclic) bond motifs is 1. The molecule has 15 heavy (non-hydrogen) atoms. The summed E-state index contributed by atoms with van der Waals surface area (Å²) in [5.74, 6) is 1.27. The minimum atomic E-state index is 0.431. The van der Waals surface area contributed by atoms with E-state index in [1.165, 1.54) is 5.39 Å². The van der Waals surface area contributed by atoms with Crippen LogP contribution in [0.5, 0.6) is 5.75 Å². The van der Waals surface area contributed by atoms with Crippen molar-refractivity contribution in [2.24, 2.45) is 0 Å². The number of hydrogen-bond donors (Lipinski definition) is 0. The van der Waals surface area contributed by atoms with Gasteiger partial charge in [-0.2, -0.15) is 0 Å². The first-order valence-corrected chi connectivity index (χ1v) is 5.15. The van der Waals surface area contributed by atoms with Gasteiger partial charge in [-0.15, -0.1) is 0 Å². The van der Waals surface area contributed by atoms with Gasteiger partial charge in [-0.1, -0.05) is 38.1 Å². The number of nitrogens with zero attached hydrogens (tertiary/aromatic N) is 1. The zero-order chi connectivity index (χ0) is 10.8. The van der Waals surface area contributed by atoms with E-state index >= 15 is 0 Å². The SMILES string of the molecule is COc1cnc(C(C)C)c2ccccc12. The molecule has 2 rings (SSSR count). The van der Waals surface area contributed by atoms with Gasteiger partial charge < -0.3 is 4.74 Å². The van der Waals surface area contributed by atoms with E-state index < -0.39 is 0 Å². The van der Waals surface area contributed by atoms with E-state index in [1.807, 2.05) is 12.1 Å². The highest BCUT2D eigenvalue weighted by molar-refractivity contribution is 5.90. The van der Waals surface area contributed by atoms with Crippen molar-refractivity contribution in [1.29, 1.82) is 0 Å². The number of rotatable bonds is 2. The molecule has 2 aromatic rings. The highest BCUT2D eigenvalue weighted by Crippen LogP contribution is 2.29. The lowest BCUT2D eigenvalue weighted by Crippen LogP contribution is -1.96. The van der Waals surface area contributed by atoms with Crippen LogP contribution in [0.15, 0.2) is 30.5 Å². The standard InChI is InChI=1S/C13H15NO/c1-9(2)13-11-7-5-4-6-10(11)12(15-3)8-14-13/h4-9H,1-3H3. The molecular formula is C13H15NO. The van der Waals surface area contributed by atoms with Gasteiger partial charge in [0.05, 0.1) is 19.0 Å². The third-order valence-corrected chi connectivity index (χ3v) is 2.56. The molecule has 0 N–H and O–H groups in total. The van der Waals surface area contributed by atoms with Gasteiger partial charge in [-0.25, -0.2) is 0 Å². The molecule has 0 bridgehead atoms. The number of pyridine rings is 1. The van der Waals surface area contributed by atoms with Crippen LogP contribution in [0.1, 0.15) is 25.5 Å². The molecule has 1 aromatic heterocycles. The average Bonchev–Trinajstić information content (AvgIpc) is 2.27. The fourth-order valence-electron chi connectivity index (χ4n) is 1.81. The number of hydrogen-bond acceptors (Lipinski definition) is 2. The molecule has 1 aromatic carbocycles. The molecule has 2 heteroatoms. The maximum Gasteiger partial charge on any atom is 0.144 e. The van der Waals surface area contributed by atoms with Crippen molar-refractivity contribution in [3.8, 4) is 5.75 Å². The Kier molecular flexibility index (Phi) is 2.58. The van der Waals surface area contributed by atoms with E-state index in [4.69, 9.17) is 4.74 Å². The van der Waals surface area contributed by atoms with Crippen molar-refractivity contribution < 1.29 is 4.74 Å². The van der Waals surface area contributed by atoms with E-state index in [0.717, 1.165) is 16.8 Å². The lowest BCUT2D eigenvalue weighted by molar-refractivity contribution is 0.417. The van der Waals surface area contributed by atoms with Crippen molar-refractivity contribution >= 4 is 10.8 Å². The van der Waals surface area contributed by atoms with E-state index in [2.05, 4.69) is 31.0 Å². The Bertz CT molecular complexity index is 477. The molecule has 0 aliphatic carbocycles. The van der Waals surface area contributed by atoms with Crippen molar-refractivity contribution in [3.05, 3.63) is 36.2 Å². The van der Waals surface area contributed by atoms with Gasteiger partial charge in [0, 0.05) is 10.8 Å². The summed E-state index contributed by atoms with van der Waals surface area (Å²) < 4.78 is 5.30. The summed E-state index contributed by atoms with van der Waals surface area (Å²) in [6, 6.07) is 8.23. The van der Waals surface area contributed by atoms with Gasteiger partial charge in [0.1, 0.15) is 5.75 Å². The first-order chi connectivity index (χ1) is 7.24. The molecular weight excluding hydrogens is 186 g/mol. The predicted octanol–water partition coefficient (Wildman–Crippen LogP) is 3.37. The van der Waals surface area contributed by atoms with E-state index in [9.17, 15) is 0 Å². The molecule has 0 atom stereocenters. The molecule has 2 nitrogen and oxygen atoms in total. The van der Waals surface area contributed by atoms with Crippen LogP contribution in [-0.2, 0) is 0 Å². The van der Waals surface area contributed by atoms with E-state index in [0.29, 0.717) is 5.92 Å². The topological polar surface area (TPSA) is 22.1 Å². The van der Waals surface area contributed by atoms with Gasteiger partial charge >= 0.3 is 0 Å². The first kappa shape index (κ1) is 9.97. The Labute approximate surface area is 89.9 Å². The smallest absolute Gasteiger partial charge is 0.144 e. The summed E-state index contributed by atoms with van der Waals surface area (Å²) in [6.45, 7) is 4.31. The van der Waals surface area contributed by atoms with E-state index in [1.54, 1.807) is 13.3 Å². The molecule has 0 amide bonds. The minimum absolute atomic E-state index is 0.431. The second-order valence-electron chi connectivity index (χ2n) is 3.91. The summed E-state index contributed by atoms with van der Waals surface area (Å²) in [5.41, 5.74) is 1.13. The summed E-state index contributed by atoms with van der Waals surface area (Å²) >= 11 is 0. The van der Waals surface area contributed by atoms with Crippen LogP contribution in [0, 0.1) is 0 Å². The van der Waals surface area contributed by atoms with Crippen LogP contribution in [0.2, 0.25) is 0 Å². The monoisotopic (exact) mass is 201 g/mol. The predicted molar refractivity (Wildman–Crippen MR) is 62.4 cm³/mol. The first-order valence-electron chi connectivity index (χ1n) is 5.15. The maximum atomic E-state index is 5.30. The van der Waals surface area contributed by atoms with Gasteiger partial charge in [-0.3, -0.25) is 4.98 Å². The number of ether oxygens (including phenoxy) is 1. The molecule has 0 aliphatic heterocycles. The summed E-state index contributed by atoms with van der Waals surface area (Å²) in [6.07, 6.45) is 1.80. The Balaban J connectivity index is 2.77. The Morgan fingerprint density at radius 1 is 1.13 bits per heavy atom. The van der Waals surface area contributed by atoms with Gasteiger partial charge in [0.25, 0.3) is 0 Å². The molecule has 1 heterocycles. The third kappa shape index (κ3) is 1.67. The molecule has 0 saturated heterocycles. The van der Waals surface area contributed by atoms with Crippen LogP contribution >= 0.6 is 0 Å². The molecule has 78 valence electrons. The lowest BCUT2D eigenvalue weighted by atomic mass is 10.0. The van der Waals surface area contributed by atoms with Crippen molar-refractivity contribution in [2.45, 2.75) is 19.8 Å². The second-order valence-corrected chi connectivity index (χ2v) is 3.91. The van der Waals surface area contributed by atoms with Crippen molar-refractivity contribution in [1.82, 2.24) is 4.98 Å². The zero-order valence-electron chi connectivity index (χ0n) is 9.32. The lowest BCUT2D eigenvalue weighted by Gasteiger charge is -2.11. The zero-order valence-corrected chi connectivity index (χ0v) is 9.32. The molecule has 0 radical (unpaired) electrons. The third-order valence-electron chi connectivity index (χ3n) is 2.56. The highest BCUT2D eigenvalue weighted by atomic mass is 16.5. The number of aromatic nitrogens is 1. The fourth-order valence-corrected chi connectivity index (χ4v) is 1.81. The quantitative estimate of drug-likeness (QED) is 0.743. The highest BCUT2D eigenvalue weighted by Gasteiger charge is 2.09. The van der Waals surface area contributed by atoms with Crippen molar-refractivity contribution in [2.75, 3.05) is 7.11 Å². The van der Waals surface area contributed by atoms with E-state index in [-0.39, 0.29) is 0 Å². The van der Waals surface area contributed by atoms with Gasteiger partial charge in [0.2, 0.25) is 0 Å². The van der Waals surface area contributed by atoms with Crippen molar-refractivity contribution in [3.63, 3.8) is 0 Å². The summed E-state index contributed by atoms with van der Waals surface area (Å²) in [5, 5.41) is 2.32. The Morgan fingerprint density at radius 3 is 2.40 bits per heavy atom. The number of methoxy groups -OCH3 is 1. The fraction of sp³-hybridized carbons (Fsp3) is 0.308. The molecule has 0 saturated carbocycles. The van der Waals surface area contributed by atoms with Crippen LogP contribution < -0.4 is 4.74 Å². The van der Waals surface area contributed by atoms with Crippen LogP contribution in [-0.4, -0.2) is 12.1 Å². The summed E-state index contributed by atoms with van der Waals surface area (Å²) in [4.78, 5) is 4.45.